The van der Waals surface area contributed by atoms with E-state index in [2.05, 4.69) is 0 Å². The number of hydrogen-bond acceptors (Lipinski definition) is 1. The predicted octanol–water partition coefficient (Wildman–Crippen LogP) is 2.87. The van der Waals surface area contributed by atoms with Crippen LogP contribution in [0.4, 0.5) is 4.39 Å². The number of aliphatic hydroxyl groups is 1. The highest BCUT2D eigenvalue weighted by Gasteiger charge is 2.06. The molecule has 1 aromatic rings. The zero-order chi connectivity index (χ0) is 10.7. The summed E-state index contributed by atoms with van der Waals surface area (Å²) in [6.45, 7) is 5.77. The summed E-state index contributed by atoms with van der Waals surface area (Å²) < 4.78 is 13.2. The van der Waals surface area contributed by atoms with Crippen LogP contribution in [0.25, 0.3) is 0 Å². The minimum atomic E-state index is -0.420. The first-order valence-corrected chi connectivity index (χ1v) is 4.96. The molecule has 0 radical (unpaired) electrons. The monoisotopic (exact) mass is 196 g/mol. The van der Waals surface area contributed by atoms with Gasteiger partial charge < -0.3 is 5.11 Å². The van der Waals surface area contributed by atoms with Gasteiger partial charge in [0.05, 0.1) is 6.10 Å². The van der Waals surface area contributed by atoms with Crippen molar-refractivity contribution in [3.63, 3.8) is 0 Å². The van der Waals surface area contributed by atoms with Crippen molar-refractivity contribution in [3.05, 3.63) is 35.1 Å². The Bertz CT molecular complexity index is 305. The van der Waals surface area contributed by atoms with Gasteiger partial charge >= 0.3 is 0 Å². The average Bonchev–Trinajstić information content (AvgIpc) is 2.01. The fourth-order valence-corrected chi connectivity index (χ4v) is 1.47. The highest BCUT2D eigenvalue weighted by molar-refractivity contribution is 5.27. The molecule has 14 heavy (non-hydrogen) atoms. The molecule has 0 aliphatic carbocycles. The molecule has 1 rings (SSSR count). The van der Waals surface area contributed by atoms with E-state index in [1.165, 1.54) is 6.07 Å². The zero-order valence-corrected chi connectivity index (χ0v) is 8.92. The Morgan fingerprint density at radius 2 is 1.86 bits per heavy atom. The van der Waals surface area contributed by atoms with Crippen molar-refractivity contribution in [1.82, 2.24) is 0 Å². The lowest BCUT2D eigenvalue weighted by molar-refractivity contribution is 0.195. The fourth-order valence-electron chi connectivity index (χ4n) is 1.47. The van der Waals surface area contributed by atoms with Gasteiger partial charge in [-0.05, 0) is 42.5 Å². The quantitative estimate of drug-likeness (QED) is 0.788. The molecule has 1 N–H and O–H groups in total. The van der Waals surface area contributed by atoms with Gasteiger partial charge in [0.1, 0.15) is 5.82 Å². The Morgan fingerprint density at radius 3 is 2.36 bits per heavy atom. The minimum Gasteiger partial charge on any atom is -0.393 e. The molecular formula is C12H17FO. The van der Waals surface area contributed by atoms with E-state index in [1.54, 1.807) is 13.0 Å². The van der Waals surface area contributed by atoms with Crippen LogP contribution in [-0.4, -0.2) is 11.2 Å². The molecule has 1 unspecified atom stereocenters. The summed E-state index contributed by atoms with van der Waals surface area (Å²) in [5.41, 5.74) is 1.85. The van der Waals surface area contributed by atoms with Gasteiger partial charge in [0, 0.05) is 0 Å². The van der Waals surface area contributed by atoms with Crippen molar-refractivity contribution in [2.24, 2.45) is 0 Å². The van der Waals surface area contributed by atoms with E-state index in [1.807, 2.05) is 19.9 Å². The summed E-state index contributed by atoms with van der Waals surface area (Å²) in [6, 6.07) is 5.00. The van der Waals surface area contributed by atoms with E-state index in [0.717, 1.165) is 11.1 Å². The summed E-state index contributed by atoms with van der Waals surface area (Å²) in [5, 5.41) is 9.20. The van der Waals surface area contributed by atoms with Crippen LogP contribution in [0.15, 0.2) is 18.2 Å². The topological polar surface area (TPSA) is 20.2 Å². The molecule has 0 aromatic heterocycles. The van der Waals surface area contributed by atoms with Crippen molar-refractivity contribution in [1.29, 1.82) is 0 Å². The van der Waals surface area contributed by atoms with E-state index >= 15 is 0 Å². The third-order valence-electron chi connectivity index (χ3n) is 2.18. The summed E-state index contributed by atoms with van der Waals surface area (Å²) >= 11 is 0. The second kappa shape index (κ2) is 4.56. The molecule has 1 atom stereocenters. The maximum absolute atomic E-state index is 13.2. The van der Waals surface area contributed by atoms with Crippen molar-refractivity contribution in [3.8, 4) is 0 Å². The van der Waals surface area contributed by atoms with Gasteiger partial charge in [-0.1, -0.05) is 19.9 Å². The number of halogens is 1. The summed E-state index contributed by atoms with van der Waals surface area (Å²) in [7, 11) is 0. The lowest BCUT2D eigenvalue weighted by Crippen LogP contribution is -2.05. The van der Waals surface area contributed by atoms with Gasteiger partial charge in [0.15, 0.2) is 0 Å². The zero-order valence-electron chi connectivity index (χ0n) is 8.92. The maximum atomic E-state index is 13.2. The van der Waals surface area contributed by atoms with Crippen LogP contribution in [0, 0.1) is 5.82 Å². The third kappa shape index (κ3) is 3.11. The molecule has 0 fully saturated rings. The van der Waals surface area contributed by atoms with Crippen LogP contribution in [0.1, 0.15) is 37.8 Å². The average molecular weight is 196 g/mol. The number of hydrogen-bond donors (Lipinski definition) is 1. The van der Waals surface area contributed by atoms with Crippen LogP contribution in [0.3, 0.4) is 0 Å². The van der Waals surface area contributed by atoms with Crippen molar-refractivity contribution in [2.75, 3.05) is 0 Å². The minimum absolute atomic E-state index is 0.216. The first kappa shape index (κ1) is 11.2. The highest BCUT2D eigenvalue weighted by atomic mass is 19.1. The smallest absolute Gasteiger partial charge is 0.123 e. The van der Waals surface area contributed by atoms with Gasteiger partial charge in [-0.3, -0.25) is 0 Å². The van der Waals surface area contributed by atoms with Crippen LogP contribution < -0.4 is 0 Å². The molecule has 0 bridgehead atoms. The van der Waals surface area contributed by atoms with E-state index in [9.17, 15) is 9.50 Å². The SMILES string of the molecule is CC(O)Cc1cc(F)cc(C(C)C)c1. The molecule has 0 saturated carbocycles. The lowest BCUT2D eigenvalue weighted by Gasteiger charge is -2.10. The molecular weight excluding hydrogens is 179 g/mol. The normalized spacial score (nSPS) is 13.3. The molecule has 2 heteroatoms. The molecule has 0 saturated heterocycles. The molecule has 0 aliphatic rings. The number of benzene rings is 1. The van der Waals surface area contributed by atoms with E-state index < -0.39 is 6.10 Å². The van der Waals surface area contributed by atoms with Gasteiger partial charge in [-0.25, -0.2) is 4.39 Å². The Kier molecular flexibility index (Phi) is 3.64. The molecule has 0 amide bonds. The summed E-state index contributed by atoms with van der Waals surface area (Å²) in [6.07, 6.45) is 0.0918. The molecule has 0 spiro atoms. The van der Waals surface area contributed by atoms with Gasteiger partial charge in [0.25, 0.3) is 0 Å². The Hall–Kier alpha value is -0.890. The highest BCUT2D eigenvalue weighted by Crippen LogP contribution is 2.18. The van der Waals surface area contributed by atoms with E-state index in [0.29, 0.717) is 12.3 Å². The van der Waals surface area contributed by atoms with Gasteiger partial charge in [0.2, 0.25) is 0 Å². The van der Waals surface area contributed by atoms with Crippen molar-refractivity contribution >= 4 is 0 Å². The molecule has 0 heterocycles. The lowest BCUT2D eigenvalue weighted by atomic mass is 9.98. The molecule has 0 aliphatic heterocycles. The largest absolute Gasteiger partial charge is 0.393 e. The van der Waals surface area contributed by atoms with E-state index in [-0.39, 0.29) is 5.82 Å². The van der Waals surface area contributed by atoms with Crippen LogP contribution in [0.5, 0.6) is 0 Å². The van der Waals surface area contributed by atoms with Crippen LogP contribution in [-0.2, 0) is 6.42 Å². The Morgan fingerprint density at radius 1 is 1.21 bits per heavy atom. The predicted molar refractivity (Wildman–Crippen MR) is 55.9 cm³/mol. The van der Waals surface area contributed by atoms with E-state index in [4.69, 9.17) is 0 Å². The van der Waals surface area contributed by atoms with Crippen LogP contribution in [0.2, 0.25) is 0 Å². The fraction of sp³-hybridized carbons (Fsp3) is 0.500. The Labute approximate surface area is 84.6 Å². The first-order valence-electron chi connectivity index (χ1n) is 4.96. The standard InChI is InChI=1S/C12H17FO/c1-8(2)11-5-10(4-9(3)14)6-12(13)7-11/h5-9,14H,4H2,1-3H3. The summed E-state index contributed by atoms with van der Waals surface area (Å²) in [4.78, 5) is 0. The maximum Gasteiger partial charge on any atom is 0.123 e. The van der Waals surface area contributed by atoms with Gasteiger partial charge in [-0.2, -0.15) is 0 Å². The number of aliphatic hydroxyl groups excluding tert-OH is 1. The van der Waals surface area contributed by atoms with Crippen molar-refractivity contribution in [2.45, 2.75) is 39.2 Å². The van der Waals surface area contributed by atoms with Crippen LogP contribution >= 0.6 is 0 Å². The second-order valence-corrected chi connectivity index (χ2v) is 4.10. The molecule has 1 nitrogen and oxygen atoms in total. The summed E-state index contributed by atoms with van der Waals surface area (Å²) in [5.74, 6) is 0.102. The number of rotatable bonds is 3. The second-order valence-electron chi connectivity index (χ2n) is 4.10. The van der Waals surface area contributed by atoms with Gasteiger partial charge in [-0.15, -0.1) is 0 Å². The third-order valence-corrected chi connectivity index (χ3v) is 2.18. The Balaban J connectivity index is 2.95. The molecule has 1 aromatic carbocycles. The first-order chi connectivity index (χ1) is 6.49. The van der Waals surface area contributed by atoms with Crippen molar-refractivity contribution < 1.29 is 9.50 Å². The molecule has 78 valence electrons.